The third kappa shape index (κ3) is 10.2. The van der Waals surface area contributed by atoms with Gasteiger partial charge in [0, 0.05) is 14.0 Å². The highest BCUT2D eigenvalue weighted by Crippen LogP contribution is 2.16. The Morgan fingerprint density at radius 2 is 1.87 bits per heavy atom. The van der Waals surface area contributed by atoms with Crippen molar-refractivity contribution in [3.63, 3.8) is 0 Å². The molecule has 1 fully saturated rings. The van der Waals surface area contributed by atoms with Gasteiger partial charge in [-0.1, -0.05) is 27.7 Å². The number of hydrogen-bond donors (Lipinski definition) is 1. The Kier molecular flexibility index (Phi) is 13.8. The van der Waals surface area contributed by atoms with Crippen molar-refractivity contribution in [1.29, 1.82) is 0 Å². The first-order valence-corrected chi connectivity index (χ1v) is 6.55. The van der Waals surface area contributed by atoms with Crippen LogP contribution in [0.1, 0.15) is 55.8 Å². The average Bonchev–Trinajstić information content (AvgIpc) is 2.22. The zero-order valence-electron chi connectivity index (χ0n) is 11.7. The molecule has 0 saturated carbocycles. The SMILES string of the molecule is CC.CC(C)N1CCC[C@H](C)C1.CCN.[HH]. The molecule has 1 saturated heterocycles. The second-order valence-corrected chi connectivity index (χ2v) is 4.24. The molecule has 0 spiro atoms. The molecule has 2 nitrogen and oxygen atoms in total. The number of nitrogens with zero attached hydrogens (tertiary/aromatic N) is 1. The highest BCUT2D eigenvalue weighted by molar-refractivity contribution is 4.71. The summed E-state index contributed by atoms with van der Waals surface area (Å²) >= 11 is 0. The molecule has 96 valence electrons. The van der Waals surface area contributed by atoms with Crippen LogP contribution in [0.15, 0.2) is 0 Å². The molecule has 1 heterocycles. The largest absolute Gasteiger partial charge is 0.331 e. The maximum absolute atomic E-state index is 4.85. The molecule has 1 aliphatic heterocycles. The minimum Gasteiger partial charge on any atom is -0.331 e. The second-order valence-electron chi connectivity index (χ2n) is 4.24. The monoisotopic (exact) mass is 218 g/mol. The van der Waals surface area contributed by atoms with Gasteiger partial charge in [0.05, 0.1) is 0 Å². The van der Waals surface area contributed by atoms with E-state index in [4.69, 9.17) is 5.73 Å². The quantitative estimate of drug-likeness (QED) is 0.731. The van der Waals surface area contributed by atoms with E-state index < -0.39 is 0 Å². The predicted octanol–water partition coefficient (Wildman–Crippen LogP) is 3.36. The summed E-state index contributed by atoms with van der Waals surface area (Å²) < 4.78 is 0. The summed E-state index contributed by atoms with van der Waals surface area (Å²) in [5, 5.41) is 0. The van der Waals surface area contributed by atoms with E-state index in [1.165, 1.54) is 25.9 Å². The standard InChI is InChI=1S/C9H19N.C2H7N.C2H6.H2/c1-8(2)10-6-4-5-9(3)7-10;1-2-3;1-2;/h8-9H,4-7H2,1-3H3;2-3H2,1H3;1-2H3;1H/t9-;;;/m0.../s1. The first-order valence-electron chi connectivity index (χ1n) is 6.55. The lowest BCUT2D eigenvalue weighted by molar-refractivity contribution is 0.147. The Morgan fingerprint density at radius 3 is 2.13 bits per heavy atom. The van der Waals surface area contributed by atoms with Crippen LogP contribution in [-0.2, 0) is 0 Å². The molecule has 2 heteroatoms. The highest BCUT2D eigenvalue weighted by Gasteiger charge is 2.17. The highest BCUT2D eigenvalue weighted by atomic mass is 15.1. The van der Waals surface area contributed by atoms with Crippen LogP contribution < -0.4 is 5.73 Å². The molecule has 0 aromatic heterocycles. The zero-order valence-corrected chi connectivity index (χ0v) is 11.7. The molecular formula is C13H34N2. The van der Waals surface area contributed by atoms with Crippen molar-refractivity contribution in [2.75, 3.05) is 19.6 Å². The van der Waals surface area contributed by atoms with Gasteiger partial charge in [0.25, 0.3) is 0 Å². The van der Waals surface area contributed by atoms with Crippen molar-refractivity contribution in [2.24, 2.45) is 11.7 Å². The van der Waals surface area contributed by atoms with E-state index in [9.17, 15) is 0 Å². The smallest absolute Gasteiger partial charge is 0.00387 e. The van der Waals surface area contributed by atoms with Crippen LogP contribution in [-0.4, -0.2) is 30.6 Å². The lowest BCUT2D eigenvalue weighted by atomic mass is 9.99. The van der Waals surface area contributed by atoms with E-state index in [0.717, 1.165) is 18.5 Å². The van der Waals surface area contributed by atoms with Gasteiger partial charge in [0.2, 0.25) is 0 Å². The minimum absolute atomic E-state index is 0. The fourth-order valence-electron chi connectivity index (χ4n) is 1.69. The molecule has 0 bridgehead atoms. The fourth-order valence-corrected chi connectivity index (χ4v) is 1.69. The van der Waals surface area contributed by atoms with Crippen LogP contribution >= 0.6 is 0 Å². The predicted molar refractivity (Wildman–Crippen MR) is 73.3 cm³/mol. The number of piperidine rings is 1. The van der Waals surface area contributed by atoms with Gasteiger partial charge in [-0.15, -0.1) is 0 Å². The zero-order chi connectivity index (χ0) is 12.3. The van der Waals surface area contributed by atoms with E-state index in [-0.39, 0.29) is 1.43 Å². The lowest BCUT2D eigenvalue weighted by Crippen LogP contribution is -2.38. The molecular weight excluding hydrogens is 184 g/mol. The topological polar surface area (TPSA) is 29.3 Å². The second kappa shape index (κ2) is 12.0. The van der Waals surface area contributed by atoms with Crippen LogP contribution in [0.3, 0.4) is 0 Å². The van der Waals surface area contributed by atoms with E-state index >= 15 is 0 Å². The fraction of sp³-hybridized carbons (Fsp3) is 1.00. The first kappa shape index (κ1) is 17.3. The summed E-state index contributed by atoms with van der Waals surface area (Å²) in [7, 11) is 0. The van der Waals surface area contributed by atoms with Gasteiger partial charge >= 0.3 is 0 Å². The molecule has 0 radical (unpaired) electrons. The lowest BCUT2D eigenvalue weighted by Gasteiger charge is -2.33. The normalized spacial score (nSPS) is 21.2. The molecule has 1 aliphatic rings. The summed E-state index contributed by atoms with van der Waals surface area (Å²) in [6.45, 7) is 16.2. The summed E-state index contributed by atoms with van der Waals surface area (Å²) in [5.41, 5.74) is 4.85. The van der Waals surface area contributed by atoms with Gasteiger partial charge in [-0.25, -0.2) is 0 Å². The summed E-state index contributed by atoms with van der Waals surface area (Å²) in [5.74, 6) is 0.927. The number of hydrogen-bond acceptors (Lipinski definition) is 2. The average molecular weight is 218 g/mol. The van der Waals surface area contributed by atoms with Gasteiger partial charge in [-0.05, 0) is 45.7 Å². The van der Waals surface area contributed by atoms with Crippen LogP contribution in [0.2, 0.25) is 0 Å². The third-order valence-electron chi connectivity index (χ3n) is 2.42. The summed E-state index contributed by atoms with van der Waals surface area (Å²) in [6.07, 6.45) is 2.84. The molecule has 0 amide bonds. The van der Waals surface area contributed by atoms with Gasteiger partial charge in [0.15, 0.2) is 0 Å². The minimum atomic E-state index is 0. The first-order chi connectivity index (χ1) is 7.11. The Bertz CT molecular complexity index is 119. The van der Waals surface area contributed by atoms with Gasteiger partial charge in [0.1, 0.15) is 0 Å². The molecule has 1 atom stereocenters. The van der Waals surface area contributed by atoms with Gasteiger partial charge < -0.3 is 10.6 Å². The third-order valence-corrected chi connectivity index (χ3v) is 2.42. The van der Waals surface area contributed by atoms with Crippen molar-refractivity contribution in [1.82, 2.24) is 4.90 Å². The molecule has 0 aromatic rings. The maximum atomic E-state index is 4.85. The molecule has 0 unspecified atom stereocenters. The Hall–Kier alpha value is -0.0800. The van der Waals surface area contributed by atoms with Crippen LogP contribution in [0.5, 0.6) is 0 Å². The van der Waals surface area contributed by atoms with Gasteiger partial charge in [-0.2, -0.15) is 0 Å². The maximum Gasteiger partial charge on any atom is 0.00387 e. The molecule has 0 aromatic carbocycles. The van der Waals surface area contributed by atoms with Crippen molar-refractivity contribution in [3.05, 3.63) is 0 Å². The molecule has 2 N–H and O–H groups in total. The van der Waals surface area contributed by atoms with Crippen LogP contribution in [0.25, 0.3) is 0 Å². The van der Waals surface area contributed by atoms with Crippen molar-refractivity contribution >= 4 is 0 Å². The van der Waals surface area contributed by atoms with Crippen molar-refractivity contribution in [3.8, 4) is 0 Å². The van der Waals surface area contributed by atoms with Crippen molar-refractivity contribution < 1.29 is 1.43 Å². The van der Waals surface area contributed by atoms with Gasteiger partial charge in [-0.3, -0.25) is 0 Å². The number of nitrogens with two attached hydrogens (primary N) is 1. The molecule has 15 heavy (non-hydrogen) atoms. The summed E-state index contributed by atoms with van der Waals surface area (Å²) in [4.78, 5) is 2.58. The van der Waals surface area contributed by atoms with Crippen molar-refractivity contribution in [2.45, 2.75) is 60.4 Å². The van der Waals surface area contributed by atoms with Crippen LogP contribution in [0.4, 0.5) is 0 Å². The van der Waals surface area contributed by atoms with E-state index in [2.05, 4.69) is 25.7 Å². The Labute approximate surface area is 98.7 Å². The number of likely N-dealkylation sites (tertiary alicyclic amines) is 1. The van der Waals surface area contributed by atoms with E-state index in [0.29, 0.717) is 0 Å². The van der Waals surface area contributed by atoms with Crippen LogP contribution in [0, 0.1) is 5.92 Å². The Balaban J connectivity index is -0.000000246. The summed E-state index contributed by atoms with van der Waals surface area (Å²) in [6, 6.07) is 0.753. The van der Waals surface area contributed by atoms with E-state index in [1.54, 1.807) is 0 Å². The van der Waals surface area contributed by atoms with E-state index in [1.807, 2.05) is 20.8 Å². The Morgan fingerprint density at radius 1 is 1.40 bits per heavy atom. The number of rotatable bonds is 1. The molecule has 0 aliphatic carbocycles. The molecule has 1 rings (SSSR count).